The highest BCUT2D eigenvalue weighted by Crippen LogP contribution is 2.29. The van der Waals surface area contributed by atoms with Crippen LogP contribution in [0.15, 0.2) is 6.20 Å². The summed E-state index contributed by atoms with van der Waals surface area (Å²) in [5, 5.41) is 3.45. The van der Waals surface area contributed by atoms with Crippen molar-refractivity contribution in [2.75, 3.05) is 24.5 Å². The zero-order valence-corrected chi connectivity index (χ0v) is 8.45. The quantitative estimate of drug-likeness (QED) is 0.681. The summed E-state index contributed by atoms with van der Waals surface area (Å²) in [6.07, 6.45) is 3.21. The summed E-state index contributed by atoms with van der Waals surface area (Å²) in [6, 6.07) is 0.667. The number of anilines is 1. The molecule has 0 bridgehead atoms. The topological polar surface area (TPSA) is 44.0 Å². The second-order valence-corrected chi connectivity index (χ2v) is 4.36. The molecular formula is C10H16N4. The molecule has 76 valence electrons. The number of H-pyrrole nitrogens is 1. The van der Waals surface area contributed by atoms with Gasteiger partial charge in [0, 0.05) is 37.6 Å². The first kappa shape index (κ1) is 8.29. The van der Waals surface area contributed by atoms with Gasteiger partial charge >= 0.3 is 0 Å². The number of imidazole rings is 1. The number of hydrogen-bond acceptors (Lipinski definition) is 3. The molecule has 0 radical (unpaired) electrons. The van der Waals surface area contributed by atoms with Crippen molar-refractivity contribution < 1.29 is 0 Å². The molecule has 0 aliphatic carbocycles. The molecule has 2 aliphatic heterocycles. The maximum Gasteiger partial charge on any atom is 0.203 e. The Labute approximate surface area is 83.7 Å². The van der Waals surface area contributed by atoms with E-state index in [1.165, 1.54) is 13.0 Å². The van der Waals surface area contributed by atoms with Gasteiger partial charge in [0.2, 0.25) is 5.95 Å². The molecule has 2 saturated heterocycles. The Hall–Kier alpha value is -1.03. The summed E-state index contributed by atoms with van der Waals surface area (Å²) in [5.41, 5.74) is 1.15. The standard InChI is InChI=1S/C10H16N4/c1-7-4-12-10(13-7)14-3-2-8-5-11-6-9(8)14/h4,8-9,11H,2-3,5-6H2,1H3,(H,12,13)/t8-,9+/m0/s1. The Morgan fingerprint density at radius 3 is 3.21 bits per heavy atom. The Morgan fingerprint density at radius 2 is 2.43 bits per heavy atom. The first-order chi connectivity index (χ1) is 6.84. The lowest BCUT2D eigenvalue weighted by Gasteiger charge is -2.22. The summed E-state index contributed by atoms with van der Waals surface area (Å²) in [7, 11) is 0. The largest absolute Gasteiger partial charge is 0.338 e. The number of nitrogens with one attached hydrogen (secondary N) is 2. The zero-order chi connectivity index (χ0) is 9.54. The summed E-state index contributed by atoms with van der Waals surface area (Å²) < 4.78 is 0. The SMILES string of the molecule is Cc1cnc(N2CC[C@H]3CNC[C@H]32)[nH]1. The van der Waals surface area contributed by atoms with Gasteiger partial charge in [-0.05, 0) is 19.3 Å². The van der Waals surface area contributed by atoms with Gasteiger partial charge in [0.05, 0.1) is 0 Å². The molecule has 0 amide bonds. The van der Waals surface area contributed by atoms with Gasteiger partial charge in [0.15, 0.2) is 0 Å². The van der Waals surface area contributed by atoms with Gasteiger partial charge in [-0.1, -0.05) is 0 Å². The molecular weight excluding hydrogens is 176 g/mol. The van der Waals surface area contributed by atoms with Gasteiger partial charge in [0.1, 0.15) is 0 Å². The Kier molecular flexibility index (Phi) is 1.77. The van der Waals surface area contributed by atoms with Gasteiger partial charge in [-0.25, -0.2) is 4.98 Å². The number of aromatic amines is 1. The summed E-state index contributed by atoms with van der Waals surface area (Å²) in [4.78, 5) is 10.1. The van der Waals surface area contributed by atoms with E-state index in [0.29, 0.717) is 6.04 Å². The second-order valence-electron chi connectivity index (χ2n) is 4.36. The molecule has 14 heavy (non-hydrogen) atoms. The van der Waals surface area contributed by atoms with Crippen LogP contribution in [0.4, 0.5) is 5.95 Å². The molecule has 0 unspecified atom stereocenters. The predicted molar refractivity (Wildman–Crippen MR) is 55.4 cm³/mol. The molecule has 1 aromatic rings. The van der Waals surface area contributed by atoms with Crippen LogP contribution in [0.1, 0.15) is 12.1 Å². The van der Waals surface area contributed by atoms with E-state index in [0.717, 1.165) is 30.6 Å². The third kappa shape index (κ3) is 1.14. The van der Waals surface area contributed by atoms with Crippen molar-refractivity contribution in [1.29, 1.82) is 0 Å². The van der Waals surface area contributed by atoms with E-state index < -0.39 is 0 Å². The summed E-state index contributed by atoms with van der Waals surface area (Å²) in [6.45, 7) is 5.51. The van der Waals surface area contributed by atoms with Crippen LogP contribution in [0, 0.1) is 12.8 Å². The van der Waals surface area contributed by atoms with E-state index in [1.807, 2.05) is 6.20 Å². The van der Waals surface area contributed by atoms with Crippen LogP contribution in [-0.2, 0) is 0 Å². The first-order valence-electron chi connectivity index (χ1n) is 5.33. The Balaban J connectivity index is 1.85. The van der Waals surface area contributed by atoms with Crippen molar-refractivity contribution in [3.05, 3.63) is 11.9 Å². The van der Waals surface area contributed by atoms with E-state index in [-0.39, 0.29) is 0 Å². The fourth-order valence-corrected chi connectivity index (χ4v) is 2.66. The molecule has 4 nitrogen and oxygen atoms in total. The Morgan fingerprint density at radius 1 is 1.50 bits per heavy atom. The van der Waals surface area contributed by atoms with Crippen molar-refractivity contribution in [2.24, 2.45) is 5.92 Å². The number of fused-ring (bicyclic) bond motifs is 1. The second kappa shape index (κ2) is 2.98. The van der Waals surface area contributed by atoms with E-state index >= 15 is 0 Å². The molecule has 0 aromatic carbocycles. The summed E-state index contributed by atoms with van der Waals surface area (Å²) >= 11 is 0. The van der Waals surface area contributed by atoms with Crippen LogP contribution < -0.4 is 10.2 Å². The molecule has 2 atom stereocenters. The molecule has 3 rings (SSSR count). The average Bonchev–Trinajstić information content (AvgIpc) is 2.77. The van der Waals surface area contributed by atoms with Gasteiger partial charge in [-0.15, -0.1) is 0 Å². The maximum atomic E-state index is 4.40. The number of aryl methyl sites for hydroxylation is 1. The highest BCUT2D eigenvalue weighted by atomic mass is 15.3. The average molecular weight is 192 g/mol. The number of rotatable bonds is 1. The van der Waals surface area contributed by atoms with Crippen LogP contribution in [0.2, 0.25) is 0 Å². The van der Waals surface area contributed by atoms with E-state index in [2.05, 4.69) is 27.1 Å². The molecule has 2 N–H and O–H groups in total. The third-order valence-electron chi connectivity index (χ3n) is 3.41. The number of hydrogen-bond donors (Lipinski definition) is 2. The van der Waals surface area contributed by atoms with Crippen molar-refractivity contribution in [3.63, 3.8) is 0 Å². The molecule has 2 fully saturated rings. The van der Waals surface area contributed by atoms with Crippen LogP contribution in [0.5, 0.6) is 0 Å². The summed E-state index contributed by atoms with van der Waals surface area (Å²) in [5.74, 6) is 1.89. The van der Waals surface area contributed by atoms with E-state index in [1.54, 1.807) is 0 Å². The molecule has 4 heteroatoms. The highest BCUT2D eigenvalue weighted by Gasteiger charge is 2.38. The molecule has 1 aromatic heterocycles. The minimum Gasteiger partial charge on any atom is -0.338 e. The molecule has 2 aliphatic rings. The lowest BCUT2D eigenvalue weighted by molar-refractivity contribution is 0.576. The molecule has 0 saturated carbocycles. The van der Waals surface area contributed by atoms with Crippen molar-refractivity contribution in [3.8, 4) is 0 Å². The van der Waals surface area contributed by atoms with E-state index in [9.17, 15) is 0 Å². The van der Waals surface area contributed by atoms with Crippen molar-refractivity contribution >= 4 is 5.95 Å². The maximum absolute atomic E-state index is 4.40. The highest BCUT2D eigenvalue weighted by molar-refractivity contribution is 5.36. The van der Waals surface area contributed by atoms with Gasteiger partial charge < -0.3 is 15.2 Å². The minimum absolute atomic E-state index is 0.667. The van der Waals surface area contributed by atoms with Crippen molar-refractivity contribution in [2.45, 2.75) is 19.4 Å². The lowest BCUT2D eigenvalue weighted by Crippen LogP contribution is -2.34. The van der Waals surface area contributed by atoms with Crippen LogP contribution in [-0.4, -0.2) is 35.6 Å². The lowest BCUT2D eigenvalue weighted by atomic mass is 10.1. The number of nitrogens with zero attached hydrogens (tertiary/aromatic N) is 2. The van der Waals surface area contributed by atoms with E-state index in [4.69, 9.17) is 0 Å². The van der Waals surface area contributed by atoms with Crippen LogP contribution >= 0.6 is 0 Å². The zero-order valence-electron chi connectivity index (χ0n) is 8.45. The normalized spacial score (nSPS) is 31.1. The molecule has 3 heterocycles. The van der Waals surface area contributed by atoms with Gasteiger partial charge in [-0.2, -0.15) is 0 Å². The third-order valence-corrected chi connectivity index (χ3v) is 3.41. The van der Waals surface area contributed by atoms with Crippen LogP contribution in [0.3, 0.4) is 0 Å². The number of aromatic nitrogens is 2. The minimum atomic E-state index is 0.667. The Bertz CT molecular complexity index is 333. The fourth-order valence-electron chi connectivity index (χ4n) is 2.66. The van der Waals surface area contributed by atoms with Crippen LogP contribution in [0.25, 0.3) is 0 Å². The molecule has 0 spiro atoms. The van der Waals surface area contributed by atoms with Gasteiger partial charge in [-0.3, -0.25) is 0 Å². The monoisotopic (exact) mass is 192 g/mol. The smallest absolute Gasteiger partial charge is 0.203 e. The fraction of sp³-hybridized carbons (Fsp3) is 0.700. The first-order valence-corrected chi connectivity index (χ1v) is 5.33. The van der Waals surface area contributed by atoms with Gasteiger partial charge in [0.25, 0.3) is 0 Å². The predicted octanol–water partition coefficient (Wildman–Crippen LogP) is 0.516. The van der Waals surface area contributed by atoms with Crippen molar-refractivity contribution in [1.82, 2.24) is 15.3 Å².